The van der Waals surface area contributed by atoms with Crippen molar-refractivity contribution in [2.24, 2.45) is 11.8 Å². The van der Waals surface area contributed by atoms with Crippen LogP contribution < -0.4 is 16.0 Å². The fraction of sp³-hybridized carbons (Fsp3) is 0.478. The highest BCUT2D eigenvalue weighted by Crippen LogP contribution is 2.42. The van der Waals surface area contributed by atoms with Crippen LogP contribution in [0.2, 0.25) is 0 Å². The Morgan fingerprint density at radius 3 is 2.16 bits per heavy atom. The minimum Gasteiger partial charge on any atom is -0.453 e. The molecule has 5 aromatic rings. The summed E-state index contributed by atoms with van der Waals surface area (Å²) in [5.74, 6) is 0.933. The molecule has 61 heavy (non-hydrogen) atoms. The number of imidazole rings is 2. The number of likely N-dealkylation sites (tertiary alicyclic amines) is 1. The standard InChI is InChI=1S/C46H56N8O6S/c1-25(2)37(51-44(57)59-5)41(55)53-46(20-8-7-9-21-46)43-48-31-16-14-29(24-33(31)49-43)36-19-18-35(61-36)28-12-15-30-27(23-28)13-17-32-39(30)50-40(47-32)34-11-10-22-54(34)42(56)38(26(3)4)52-45(58)60-6/h12,14-16,18-19,23-26,34,37-38H,7-11,13,17,20-22H2,1-6H3,(H,47,50)(H,48,49)(H,51,57)(H,52,58)(H,53,55)/t34-,37-,38-/m0/s1. The van der Waals surface area contributed by atoms with Gasteiger partial charge >= 0.3 is 12.2 Å². The number of carbonyl (C=O) groups excluding carboxylic acids is 4. The number of fused-ring (bicyclic) bond motifs is 4. The predicted molar refractivity (Wildman–Crippen MR) is 235 cm³/mol. The topological polar surface area (TPSA) is 183 Å². The first-order valence-corrected chi connectivity index (χ1v) is 22.3. The molecule has 14 nitrogen and oxygen atoms in total. The maximum Gasteiger partial charge on any atom is 0.407 e. The average Bonchev–Trinajstić information content (AvgIpc) is 4.10. The van der Waals surface area contributed by atoms with E-state index in [1.165, 1.54) is 24.7 Å². The number of hydrogen-bond acceptors (Lipinski definition) is 9. The Kier molecular flexibility index (Phi) is 11.9. The van der Waals surface area contributed by atoms with Crippen molar-refractivity contribution < 1.29 is 28.7 Å². The summed E-state index contributed by atoms with van der Waals surface area (Å²) in [5.41, 5.74) is 7.69. The third kappa shape index (κ3) is 8.36. The van der Waals surface area contributed by atoms with Crippen LogP contribution in [0.4, 0.5) is 9.59 Å². The van der Waals surface area contributed by atoms with E-state index in [1.807, 2.05) is 38.7 Å². The number of nitrogens with one attached hydrogen (secondary N) is 5. The molecule has 15 heteroatoms. The molecule has 3 aromatic heterocycles. The van der Waals surface area contributed by atoms with E-state index in [2.05, 4.69) is 68.4 Å². The second-order valence-electron chi connectivity index (χ2n) is 17.3. The molecule has 1 saturated heterocycles. The number of ether oxygens (including phenoxy) is 2. The van der Waals surface area contributed by atoms with E-state index in [4.69, 9.17) is 19.4 Å². The van der Waals surface area contributed by atoms with Crippen molar-refractivity contribution in [1.82, 2.24) is 40.8 Å². The number of H-pyrrole nitrogens is 2. The van der Waals surface area contributed by atoms with Crippen molar-refractivity contribution in [2.45, 2.75) is 109 Å². The lowest BCUT2D eigenvalue weighted by molar-refractivity contribution is -0.135. The SMILES string of the molecule is COC(=O)N[C@H](C(=O)NC1(c2nc3ccc(-c4ccc(-c5ccc6c(c5)CCc5[nH]c([C@@H]7CCCN7C(=O)[C@@H](NC(=O)OC)C(C)C)nc5-6)s4)cc3[nH]2)CCCCC1)C(C)C. The average molecular weight is 849 g/mol. The number of aromatic amines is 2. The van der Waals surface area contributed by atoms with Gasteiger partial charge in [-0.25, -0.2) is 19.6 Å². The highest BCUT2D eigenvalue weighted by atomic mass is 32.1. The van der Waals surface area contributed by atoms with Gasteiger partial charge < -0.3 is 40.3 Å². The quantitative estimate of drug-likeness (QED) is 0.0882. The number of hydrogen-bond donors (Lipinski definition) is 5. The molecular weight excluding hydrogens is 793 g/mol. The van der Waals surface area contributed by atoms with Crippen LogP contribution in [0.1, 0.15) is 102 Å². The van der Waals surface area contributed by atoms with Gasteiger partial charge in [0, 0.05) is 27.6 Å². The first kappa shape index (κ1) is 42.0. The van der Waals surface area contributed by atoms with Crippen LogP contribution in [-0.2, 0) is 37.4 Å². The van der Waals surface area contributed by atoms with E-state index >= 15 is 0 Å². The van der Waals surface area contributed by atoms with Crippen molar-refractivity contribution in [1.29, 1.82) is 0 Å². The number of nitrogens with zero attached hydrogens (tertiary/aromatic N) is 3. The zero-order valence-corrected chi connectivity index (χ0v) is 36.6. The molecular formula is C46H56N8O6S. The van der Waals surface area contributed by atoms with E-state index in [1.54, 1.807) is 11.3 Å². The highest BCUT2D eigenvalue weighted by Gasteiger charge is 2.41. The van der Waals surface area contributed by atoms with Gasteiger partial charge in [-0.2, -0.15) is 0 Å². The van der Waals surface area contributed by atoms with E-state index in [9.17, 15) is 19.2 Å². The van der Waals surface area contributed by atoms with Crippen molar-refractivity contribution in [3.63, 3.8) is 0 Å². The molecule has 4 amide bonds. The zero-order valence-electron chi connectivity index (χ0n) is 35.8. The Morgan fingerprint density at radius 2 is 1.48 bits per heavy atom. The van der Waals surface area contributed by atoms with Gasteiger partial charge in [-0.3, -0.25) is 9.59 Å². The summed E-state index contributed by atoms with van der Waals surface area (Å²) in [6.07, 6.45) is 6.64. The van der Waals surface area contributed by atoms with Gasteiger partial charge in [0.1, 0.15) is 23.7 Å². The molecule has 1 aliphatic heterocycles. The van der Waals surface area contributed by atoms with Crippen molar-refractivity contribution >= 4 is 46.4 Å². The minimum absolute atomic E-state index is 0.101. The summed E-state index contributed by atoms with van der Waals surface area (Å²) in [5, 5.41) is 8.75. The van der Waals surface area contributed by atoms with E-state index in [0.717, 1.165) is 113 Å². The van der Waals surface area contributed by atoms with Crippen LogP contribution in [0.5, 0.6) is 0 Å². The summed E-state index contributed by atoms with van der Waals surface area (Å²) in [7, 11) is 2.60. The van der Waals surface area contributed by atoms with E-state index < -0.39 is 29.8 Å². The van der Waals surface area contributed by atoms with Gasteiger partial charge in [-0.05, 0) is 97.4 Å². The maximum absolute atomic E-state index is 13.7. The first-order chi connectivity index (χ1) is 29.4. The van der Waals surface area contributed by atoms with Gasteiger partial charge in [-0.1, -0.05) is 65.2 Å². The Balaban J connectivity index is 1.00. The molecule has 0 spiro atoms. The molecule has 0 bridgehead atoms. The number of methoxy groups -OCH3 is 2. The number of thiophene rings is 1. The smallest absolute Gasteiger partial charge is 0.407 e. The Hall–Kier alpha value is -5.70. The molecule has 3 aliphatic rings. The van der Waals surface area contributed by atoms with Crippen LogP contribution in [0.25, 0.3) is 43.2 Å². The lowest BCUT2D eigenvalue weighted by Crippen LogP contribution is -2.56. The van der Waals surface area contributed by atoms with E-state index in [-0.39, 0.29) is 29.7 Å². The molecule has 4 heterocycles. The molecule has 3 atom stereocenters. The minimum atomic E-state index is -0.740. The molecule has 2 aliphatic carbocycles. The second-order valence-corrected chi connectivity index (χ2v) is 18.4. The Bertz CT molecular complexity index is 2440. The molecule has 1 saturated carbocycles. The number of carbonyl (C=O) groups is 4. The summed E-state index contributed by atoms with van der Waals surface area (Å²) in [6.45, 7) is 8.25. The molecule has 322 valence electrons. The van der Waals surface area contributed by atoms with Crippen molar-refractivity contribution in [3.05, 3.63) is 71.4 Å². The van der Waals surface area contributed by atoms with Crippen LogP contribution >= 0.6 is 11.3 Å². The van der Waals surface area contributed by atoms with Crippen LogP contribution in [0, 0.1) is 11.8 Å². The number of rotatable bonds is 11. The van der Waals surface area contributed by atoms with Gasteiger partial charge in [-0.15, -0.1) is 11.3 Å². The van der Waals surface area contributed by atoms with E-state index in [0.29, 0.717) is 6.54 Å². The monoisotopic (exact) mass is 848 g/mol. The summed E-state index contributed by atoms with van der Waals surface area (Å²) < 4.78 is 9.60. The molecule has 2 aromatic carbocycles. The third-order valence-corrected chi connectivity index (χ3v) is 13.8. The molecule has 0 unspecified atom stereocenters. The summed E-state index contributed by atoms with van der Waals surface area (Å²) in [4.78, 5) is 73.1. The van der Waals surface area contributed by atoms with Gasteiger partial charge in [0.05, 0.1) is 42.5 Å². The number of aromatic nitrogens is 4. The number of aryl methyl sites for hydroxylation is 2. The second kappa shape index (κ2) is 17.3. The zero-order chi connectivity index (χ0) is 43.0. The number of alkyl carbamates (subject to hydrolysis) is 2. The van der Waals surface area contributed by atoms with Gasteiger partial charge in [0.15, 0.2) is 0 Å². The molecule has 8 rings (SSSR count). The fourth-order valence-electron chi connectivity index (χ4n) is 9.28. The van der Waals surface area contributed by atoms with Crippen LogP contribution in [-0.4, -0.2) is 81.7 Å². The van der Waals surface area contributed by atoms with Crippen LogP contribution in [0.15, 0.2) is 48.5 Å². The Labute approximate surface area is 360 Å². The lowest BCUT2D eigenvalue weighted by atomic mass is 9.80. The summed E-state index contributed by atoms with van der Waals surface area (Å²) >= 11 is 1.74. The molecule has 0 radical (unpaired) electrons. The number of benzene rings is 2. The largest absolute Gasteiger partial charge is 0.453 e. The van der Waals surface area contributed by atoms with Crippen LogP contribution in [0.3, 0.4) is 0 Å². The maximum atomic E-state index is 13.7. The molecule has 2 fully saturated rings. The number of amides is 4. The molecule has 5 N–H and O–H groups in total. The predicted octanol–water partition coefficient (Wildman–Crippen LogP) is 8.15. The first-order valence-electron chi connectivity index (χ1n) is 21.5. The normalized spacial score (nSPS) is 18.0. The van der Waals surface area contributed by atoms with Gasteiger partial charge in [0.2, 0.25) is 11.8 Å². The Morgan fingerprint density at radius 1 is 0.803 bits per heavy atom. The lowest BCUT2D eigenvalue weighted by Gasteiger charge is -2.38. The fourth-order valence-corrected chi connectivity index (χ4v) is 10.3. The van der Waals surface area contributed by atoms with Crippen molar-refractivity contribution in [3.8, 4) is 32.1 Å². The summed E-state index contributed by atoms with van der Waals surface area (Å²) in [6, 6.07) is 15.6. The van der Waals surface area contributed by atoms with Gasteiger partial charge in [0.25, 0.3) is 0 Å². The van der Waals surface area contributed by atoms with Crippen molar-refractivity contribution in [2.75, 3.05) is 20.8 Å². The third-order valence-electron chi connectivity index (χ3n) is 12.6. The highest BCUT2D eigenvalue weighted by molar-refractivity contribution is 7.18.